The predicted molar refractivity (Wildman–Crippen MR) is 119 cm³/mol. The standard InChI is InChI=1S/C23H28ClN3O2/c1-16(2)12-18(17(3)24)13-29-23(14-25-15-23)22(28)27-11-10-26(19-8-9-19)20-6-4-5-7-21(20)27/h4-7,12,19,25H,1,3,8-11,13-15H2,2H3/b18-12-. The number of nitrogens with one attached hydrogen (secondary N) is 1. The Balaban J connectivity index is 1.55. The first-order valence-corrected chi connectivity index (χ1v) is 10.5. The lowest BCUT2D eigenvalue weighted by atomic mass is 9.93. The highest BCUT2D eigenvalue weighted by atomic mass is 35.5. The molecule has 1 aromatic carbocycles. The van der Waals surface area contributed by atoms with Crippen LogP contribution in [-0.4, -0.2) is 50.3 Å². The fourth-order valence-electron chi connectivity index (χ4n) is 3.98. The number of rotatable bonds is 7. The Labute approximate surface area is 177 Å². The van der Waals surface area contributed by atoms with Crippen LogP contribution < -0.4 is 15.1 Å². The molecule has 0 spiro atoms. The van der Waals surface area contributed by atoms with Gasteiger partial charge in [-0.2, -0.15) is 0 Å². The minimum atomic E-state index is -0.880. The van der Waals surface area contributed by atoms with E-state index in [2.05, 4.69) is 29.4 Å². The van der Waals surface area contributed by atoms with Gasteiger partial charge in [-0.25, -0.2) is 0 Å². The lowest BCUT2D eigenvalue weighted by molar-refractivity contribution is -0.149. The van der Waals surface area contributed by atoms with Crippen molar-refractivity contribution in [2.75, 3.05) is 42.6 Å². The summed E-state index contributed by atoms with van der Waals surface area (Å²) in [5.41, 5.74) is 2.86. The van der Waals surface area contributed by atoms with Crippen LogP contribution in [0.4, 0.5) is 11.4 Å². The molecule has 2 fully saturated rings. The highest BCUT2D eigenvalue weighted by Gasteiger charge is 2.49. The summed E-state index contributed by atoms with van der Waals surface area (Å²) >= 11 is 6.12. The summed E-state index contributed by atoms with van der Waals surface area (Å²) in [6.45, 7) is 12.3. The summed E-state index contributed by atoms with van der Waals surface area (Å²) < 4.78 is 6.18. The summed E-state index contributed by atoms with van der Waals surface area (Å²) in [6, 6.07) is 8.81. The van der Waals surface area contributed by atoms with E-state index in [1.54, 1.807) is 0 Å². The van der Waals surface area contributed by atoms with E-state index < -0.39 is 5.60 Å². The van der Waals surface area contributed by atoms with E-state index in [0.717, 1.165) is 29.1 Å². The highest BCUT2D eigenvalue weighted by molar-refractivity contribution is 6.31. The van der Waals surface area contributed by atoms with Gasteiger partial charge in [-0.3, -0.25) is 4.79 Å². The molecule has 4 rings (SSSR count). The fraction of sp³-hybridized carbons (Fsp3) is 0.435. The predicted octanol–water partition coefficient (Wildman–Crippen LogP) is 3.62. The monoisotopic (exact) mass is 413 g/mol. The van der Waals surface area contributed by atoms with Crippen molar-refractivity contribution in [3.05, 3.63) is 59.7 Å². The van der Waals surface area contributed by atoms with Gasteiger partial charge in [-0.15, -0.1) is 0 Å². The van der Waals surface area contributed by atoms with Gasteiger partial charge in [0.25, 0.3) is 5.91 Å². The molecule has 1 N–H and O–H groups in total. The summed E-state index contributed by atoms with van der Waals surface area (Å²) in [5.74, 6) is 0.00834. The topological polar surface area (TPSA) is 44.8 Å². The zero-order valence-electron chi connectivity index (χ0n) is 16.9. The minimum Gasteiger partial charge on any atom is -0.365 e. The molecule has 29 heavy (non-hydrogen) atoms. The maximum absolute atomic E-state index is 13.6. The van der Waals surface area contributed by atoms with E-state index >= 15 is 0 Å². The zero-order valence-corrected chi connectivity index (χ0v) is 17.7. The molecule has 1 saturated carbocycles. The molecule has 1 saturated heterocycles. The van der Waals surface area contributed by atoms with Crippen molar-refractivity contribution in [1.29, 1.82) is 0 Å². The molecule has 0 atom stereocenters. The molecule has 5 nitrogen and oxygen atoms in total. The quantitative estimate of drug-likeness (QED) is 0.693. The van der Waals surface area contributed by atoms with Crippen LogP contribution in [0.25, 0.3) is 0 Å². The number of benzene rings is 1. The van der Waals surface area contributed by atoms with E-state index in [9.17, 15) is 4.79 Å². The van der Waals surface area contributed by atoms with Crippen LogP contribution in [0, 0.1) is 0 Å². The van der Waals surface area contributed by atoms with Crippen LogP contribution in [0.3, 0.4) is 0 Å². The molecule has 0 radical (unpaired) electrons. The third-order valence-corrected chi connectivity index (χ3v) is 6.01. The number of allylic oxidation sites excluding steroid dienone is 2. The van der Waals surface area contributed by atoms with Gasteiger partial charge < -0.3 is 19.9 Å². The van der Waals surface area contributed by atoms with Gasteiger partial charge in [0, 0.05) is 37.3 Å². The van der Waals surface area contributed by atoms with Crippen molar-refractivity contribution < 1.29 is 9.53 Å². The first-order chi connectivity index (χ1) is 13.9. The van der Waals surface area contributed by atoms with Gasteiger partial charge in [0.1, 0.15) is 0 Å². The third-order valence-electron chi connectivity index (χ3n) is 5.76. The molecule has 1 amide bonds. The number of hydrogen-bond acceptors (Lipinski definition) is 4. The van der Waals surface area contributed by atoms with Crippen LogP contribution in [0.1, 0.15) is 19.8 Å². The lowest BCUT2D eigenvalue weighted by Crippen LogP contribution is -2.70. The van der Waals surface area contributed by atoms with E-state index in [1.165, 1.54) is 12.8 Å². The third kappa shape index (κ3) is 4.00. The Kier molecular flexibility index (Phi) is 5.56. The highest BCUT2D eigenvalue weighted by Crippen LogP contribution is 2.41. The lowest BCUT2D eigenvalue weighted by Gasteiger charge is -2.46. The molecule has 6 heteroatoms. The van der Waals surface area contributed by atoms with Crippen molar-refractivity contribution >= 4 is 28.9 Å². The van der Waals surface area contributed by atoms with Gasteiger partial charge in [0.2, 0.25) is 0 Å². The minimum absolute atomic E-state index is 0.00834. The number of nitrogens with zero attached hydrogens (tertiary/aromatic N) is 2. The summed E-state index contributed by atoms with van der Waals surface area (Å²) in [7, 11) is 0. The number of amides is 1. The summed E-state index contributed by atoms with van der Waals surface area (Å²) in [5, 5.41) is 3.61. The normalized spacial score (nSPS) is 20.7. The molecule has 0 aromatic heterocycles. The van der Waals surface area contributed by atoms with E-state index in [0.29, 0.717) is 30.7 Å². The van der Waals surface area contributed by atoms with Gasteiger partial charge in [-0.05, 0) is 37.5 Å². The summed E-state index contributed by atoms with van der Waals surface area (Å²) in [4.78, 5) is 17.9. The van der Waals surface area contributed by atoms with Crippen molar-refractivity contribution in [2.24, 2.45) is 0 Å². The second kappa shape index (κ2) is 7.98. The van der Waals surface area contributed by atoms with Crippen molar-refractivity contribution in [2.45, 2.75) is 31.4 Å². The maximum atomic E-state index is 13.6. The number of carbonyl (C=O) groups is 1. The van der Waals surface area contributed by atoms with E-state index in [4.69, 9.17) is 16.3 Å². The van der Waals surface area contributed by atoms with Crippen molar-refractivity contribution in [3.63, 3.8) is 0 Å². The average Bonchev–Trinajstić information content (AvgIpc) is 3.49. The number of para-hydroxylation sites is 2. The fourth-order valence-corrected chi connectivity index (χ4v) is 4.09. The smallest absolute Gasteiger partial charge is 0.262 e. The van der Waals surface area contributed by atoms with Gasteiger partial charge in [-0.1, -0.05) is 48.5 Å². The number of hydrogen-bond donors (Lipinski definition) is 1. The van der Waals surface area contributed by atoms with Crippen LogP contribution in [0.15, 0.2) is 59.7 Å². The van der Waals surface area contributed by atoms with Crippen LogP contribution >= 0.6 is 11.6 Å². The number of fused-ring (bicyclic) bond motifs is 1. The SMILES string of the molecule is C=C(C)/C=C(/COC1(C(=O)N2CCN(C3CC3)c3ccccc32)CNC1)C(=C)Cl. The summed E-state index contributed by atoms with van der Waals surface area (Å²) in [6.07, 6.45) is 4.32. The molecule has 1 aliphatic carbocycles. The molecule has 2 heterocycles. The Morgan fingerprint density at radius 2 is 1.97 bits per heavy atom. The Morgan fingerprint density at radius 3 is 2.52 bits per heavy atom. The number of halogens is 1. The first-order valence-electron chi connectivity index (χ1n) is 10.1. The number of ether oxygens (including phenoxy) is 1. The van der Waals surface area contributed by atoms with E-state index in [1.807, 2.05) is 36.1 Å². The molecular formula is C23H28ClN3O2. The second-order valence-corrected chi connectivity index (χ2v) is 8.63. The molecule has 0 bridgehead atoms. The molecule has 0 unspecified atom stereocenters. The van der Waals surface area contributed by atoms with E-state index in [-0.39, 0.29) is 12.5 Å². The van der Waals surface area contributed by atoms with Crippen molar-refractivity contribution in [3.8, 4) is 0 Å². The van der Waals surface area contributed by atoms with Crippen LogP contribution in [-0.2, 0) is 9.53 Å². The Morgan fingerprint density at radius 1 is 1.28 bits per heavy atom. The first kappa shape index (κ1) is 20.2. The van der Waals surface area contributed by atoms with Crippen molar-refractivity contribution in [1.82, 2.24) is 5.32 Å². The van der Waals surface area contributed by atoms with Crippen LogP contribution in [0.2, 0.25) is 0 Å². The Hall–Kier alpha value is -2.08. The molecular weight excluding hydrogens is 386 g/mol. The molecule has 2 aliphatic heterocycles. The van der Waals surface area contributed by atoms with Crippen LogP contribution in [0.5, 0.6) is 0 Å². The number of anilines is 2. The molecule has 1 aromatic rings. The maximum Gasteiger partial charge on any atom is 0.262 e. The van der Waals surface area contributed by atoms with Gasteiger partial charge in [0.15, 0.2) is 5.60 Å². The second-order valence-electron chi connectivity index (χ2n) is 8.18. The van der Waals surface area contributed by atoms with Gasteiger partial charge >= 0.3 is 0 Å². The van der Waals surface area contributed by atoms with Gasteiger partial charge in [0.05, 0.1) is 18.0 Å². The number of carbonyl (C=O) groups excluding carboxylic acids is 1. The molecule has 154 valence electrons. The largest absolute Gasteiger partial charge is 0.365 e. The molecule has 3 aliphatic rings. The Bertz CT molecular complexity index is 871. The zero-order chi connectivity index (χ0) is 20.6. The average molecular weight is 414 g/mol.